The second kappa shape index (κ2) is 10.9. The summed E-state index contributed by atoms with van der Waals surface area (Å²) in [5.41, 5.74) is 4.60. The van der Waals surface area contributed by atoms with E-state index in [0.29, 0.717) is 16.9 Å². The van der Waals surface area contributed by atoms with E-state index in [-0.39, 0.29) is 0 Å². The predicted octanol–water partition coefficient (Wildman–Crippen LogP) is 6.98. The molecule has 2 aliphatic heterocycles. The van der Waals surface area contributed by atoms with Crippen molar-refractivity contribution in [1.29, 1.82) is 0 Å². The molecule has 1 saturated heterocycles. The van der Waals surface area contributed by atoms with Crippen LogP contribution in [0.2, 0.25) is 0 Å². The van der Waals surface area contributed by atoms with Gasteiger partial charge in [-0.05, 0) is 60.5 Å². The molecule has 0 amide bonds. The molecule has 2 aromatic rings. The Balaban J connectivity index is 0.000000638. The fraction of sp³-hybridized carbons (Fsp3) is 0.643. The zero-order valence-corrected chi connectivity index (χ0v) is 24.5. The number of allylic oxidation sites excluding steroid dienone is 2. The standard InChI is InChI=1S/C23H33BrN6.C3H6.C2H6/c1-16(10-22(3,4)5)28-14-23(15-28)11-19(12-23)30-17(2)20(24)21(26-30)27-8-9-29-18(13-27)6-7-25-29;1-3-2;1-2/h6-7,19H,1,8-15H2,2-5H3;3H,1H2,2H3;1-2H3. The van der Waals surface area contributed by atoms with Gasteiger partial charge in [0, 0.05) is 36.9 Å². The van der Waals surface area contributed by atoms with Crippen LogP contribution in [-0.2, 0) is 13.1 Å². The highest BCUT2D eigenvalue weighted by atomic mass is 79.9. The summed E-state index contributed by atoms with van der Waals surface area (Å²) in [5, 5.41) is 9.47. The van der Waals surface area contributed by atoms with Gasteiger partial charge in [-0.1, -0.05) is 47.3 Å². The molecule has 194 valence electrons. The fourth-order valence-corrected chi connectivity index (χ4v) is 6.00. The summed E-state index contributed by atoms with van der Waals surface area (Å²) in [6, 6.07) is 2.62. The third-order valence-electron chi connectivity index (χ3n) is 7.02. The Bertz CT molecular complexity index is 1010. The molecule has 4 heterocycles. The van der Waals surface area contributed by atoms with Crippen molar-refractivity contribution < 1.29 is 0 Å². The summed E-state index contributed by atoms with van der Waals surface area (Å²) in [5.74, 6) is 1.08. The summed E-state index contributed by atoms with van der Waals surface area (Å²) >= 11 is 3.84. The molecule has 6 nitrogen and oxygen atoms in total. The first-order chi connectivity index (χ1) is 16.6. The van der Waals surface area contributed by atoms with Gasteiger partial charge in [0.15, 0.2) is 5.82 Å². The van der Waals surface area contributed by atoms with E-state index in [4.69, 9.17) is 5.10 Å². The third kappa shape index (κ3) is 5.87. The lowest BCUT2D eigenvalue weighted by Crippen LogP contribution is -2.61. The molecule has 0 radical (unpaired) electrons. The summed E-state index contributed by atoms with van der Waals surface area (Å²) in [6.45, 7) is 27.7. The molecular formula is C28H45BrN6. The third-order valence-corrected chi connectivity index (χ3v) is 7.94. The van der Waals surface area contributed by atoms with Crippen molar-refractivity contribution in [2.75, 3.05) is 24.5 Å². The van der Waals surface area contributed by atoms with Crippen LogP contribution in [0.5, 0.6) is 0 Å². The predicted molar refractivity (Wildman–Crippen MR) is 151 cm³/mol. The van der Waals surface area contributed by atoms with Crippen LogP contribution in [0.3, 0.4) is 0 Å². The first-order valence-electron chi connectivity index (χ1n) is 13.1. The van der Waals surface area contributed by atoms with Crippen molar-refractivity contribution in [3.8, 4) is 0 Å². The Labute approximate surface area is 221 Å². The van der Waals surface area contributed by atoms with Crippen LogP contribution in [0.15, 0.2) is 41.7 Å². The fourth-order valence-electron chi connectivity index (χ4n) is 5.49. The van der Waals surface area contributed by atoms with Crippen LogP contribution in [0.1, 0.15) is 78.2 Å². The van der Waals surface area contributed by atoms with Crippen molar-refractivity contribution in [1.82, 2.24) is 24.5 Å². The van der Waals surface area contributed by atoms with Crippen molar-refractivity contribution in [3.05, 3.63) is 53.1 Å². The first-order valence-corrected chi connectivity index (χ1v) is 13.9. The van der Waals surface area contributed by atoms with Gasteiger partial charge in [0.05, 0.1) is 35.0 Å². The Morgan fingerprint density at radius 3 is 2.46 bits per heavy atom. The zero-order chi connectivity index (χ0) is 26.0. The minimum Gasteiger partial charge on any atom is -0.374 e. The Morgan fingerprint density at radius 1 is 1.23 bits per heavy atom. The van der Waals surface area contributed by atoms with E-state index in [1.165, 1.54) is 43.0 Å². The average molecular weight is 546 g/mol. The molecule has 3 aliphatic rings. The zero-order valence-electron chi connectivity index (χ0n) is 22.9. The number of halogens is 1. The Kier molecular flexibility index (Phi) is 8.61. The van der Waals surface area contributed by atoms with Crippen molar-refractivity contribution in [2.45, 2.75) is 86.9 Å². The maximum absolute atomic E-state index is 5.07. The molecule has 1 aliphatic carbocycles. The van der Waals surface area contributed by atoms with Crippen molar-refractivity contribution in [3.63, 3.8) is 0 Å². The molecule has 2 aromatic heterocycles. The lowest BCUT2D eigenvalue weighted by atomic mass is 9.60. The maximum Gasteiger partial charge on any atom is 0.165 e. The van der Waals surface area contributed by atoms with Gasteiger partial charge in [-0.3, -0.25) is 9.36 Å². The highest BCUT2D eigenvalue weighted by Crippen LogP contribution is 2.56. The molecule has 2 fully saturated rings. The monoisotopic (exact) mass is 544 g/mol. The van der Waals surface area contributed by atoms with E-state index in [1.807, 2.05) is 27.0 Å². The molecule has 5 rings (SSSR count). The van der Waals surface area contributed by atoms with Gasteiger partial charge in [-0.2, -0.15) is 10.2 Å². The molecule has 0 atom stereocenters. The van der Waals surface area contributed by atoms with Crippen LogP contribution in [0.4, 0.5) is 5.82 Å². The van der Waals surface area contributed by atoms with E-state index in [2.05, 4.69) is 87.1 Å². The first kappa shape index (κ1) is 27.6. The molecule has 0 unspecified atom stereocenters. The summed E-state index contributed by atoms with van der Waals surface area (Å²) in [6.07, 6.45) is 7.18. The molecule has 0 aromatic carbocycles. The number of hydrogen-bond donors (Lipinski definition) is 0. The summed E-state index contributed by atoms with van der Waals surface area (Å²) in [4.78, 5) is 4.87. The lowest BCUT2D eigenvalue weighted by molar-refractivity contribution is -0.0774. The normalized spacial score (nSPS) is 18.4. The Hall–Kier alpha value is -2.02. The minimum atomic E-state index is 0.309. The van der Waals surface area contributed by atoms with E-state index in [0.717, 1.165) is 36.3 Å². The van der Waals surface area contributed by atoms with Crippen LogP contribution in [-0.4, -0.2) is 44.1 Å². The number of fused-ring (bicyclic) bond motifs is 1. The van der Waals surface area contributed by atoms with Crippen LogP contribution in [0.25, 0.3) is 0 Å². The van der Waals surface area contributed by atoms with Gasteiger partial charge in [0.2, 0.25) is 0 Å². The number of aromatic nitrogens is 4. The minimum absolute atomic E-state index is 0.309. The second-order valence-electron chi connectivity index (χ2n) is 11.3. The summed E-state index contributed by atoms with van der Waals surface area (Å²) in [7, 11) is 0. The van der Waals surface area contributed by atoms with Gasteiger partial charge in [0.25, 0.3) is 0 Å². The van der Waals surface area contributed by atoms with Crippen LogP contribution >= 0.6 is 15.9 Å². The van der Waals surface area contributed by atoms with Gasteiger partial charge in [-0.25, -0.2) is 0 Å². The van der Waals surface area contributed by atoms with E-state index < -0.39 is 0 Å². The second-order valence-corrected chi connectivity index (χ2v) is 12.1. The number of anilines is 1. The molecule has 35 heavy (non-hydrogen) atoms. The summed E-state index contributed by atoms with van der Waals surface area (Å²) < 4.78 is 5.52. The molecule has 0 bridgehead atoms. The molecule has 1 saturated carbocycles. The van der Waals surface area contributed by atoms with E-state index in [1.54, 1.807) is 6.08 Å². The van der Waals surface area contributed by atoms with E-state index in [9.17, 15) is 0 Å². The molecule has 1 spiro atoms. The smallest absolute Gasteiger partial charge is 0.165 e. The average Bonchev–Trinajstić information content (AvgIpc) is 3.32. The topological polar surface area (TPSA) is 42.1 Å². The maximum atomic E-state index is 5.07. The molecule has 7 heteroatoms. The Morgan fingerprint density at radius 2 is 1.86 bits per heavy atom. The van der Waals surface area contributed by atoms with Gasteiger partial charge in [-0.15, -0.1) is 6.58 Å². The highest BCUT2D eigenvalue weighted by molar-refractivity contribution is 9.10. The van der Waals surface area contributed by atoms with Gasteiger partial charge >= 0.3 is 0 Å². The van der Waals surface area contributed by atoms with Crippen LogP contribution < -0.4 is 4.90 Å². The van der Waals surface area contributed by atoms with Gasteiger partial charge in [0.1, 0.15) is 0 Å². The van der Waals surface area contributed by atoms with E-state index >= 15 is 0 Å². The molecule has 0 N–H and O–H groups in total. The van der Waals surface area contributed by atoms with Crippen molar-refractivity contribution in [2.24, 2.45) is 10.8 Å². The number of likely N-dealkylation sites (tertiary alicyclic amines) is 1. The number of rotatable bonds is 4. The number of nitrogens with zero attached hydrogens (tertiary/aromatic N) is 6. The quantitative estimate of drug-likeness (QED) is 0.389. The SMILES string of the molecule is C=C(CC(C)(C)C)N1CC2(CC(n3nc(N4CCn5nccc5C4)c(Br)c3C)C2)C1.C=CC.CC. The van der Waals surface area contributed by atoms with Gasteiger partial charge < -0.3 is 9.80 Å². The highest BCUT2D eigenvalue weighted by Gasteiger charge is 2.54. The number of hydrogen-bond acceptors (Lipinski definition) is 4. The largest absolute Gasteiger partial charge is 0.374 e. The molecular weight excluding hydrogens is 500 g/mol. The van der Waals surface area contributed by atoms with Crippen molar-refractivity contribution >= 4 is 21.7 Å². The lowest BCUT2D eigenvalue weighted by Gasteiger charge is -2.60. The van der Waals surface area contributed by atoms with Crippen LogP contribution in [0, 0.1) is 17.8 Å².